The minimum absolute atomic E-state index is 0.421. The van der Waals surface area contributed by atoms with Crippen molar-refractivity contribution in [2.24, 2.45) is 11.7 Å². The molecule has 1 aromatic carbocycles. The van der Waals surface area contributed by atoms with Gasteiger partial charge in [-0.1, -0.05) is 48.9 Å². The van der Waals surface area contributed by atoms with E-state index in [1.54, 1.807) is 0 Å². The fourth-order valence-corrected chi connectivity index (χ4v) is 1.88. The third kappa shape index (κ3) is 2.05. The minimum atomic E-state index is 0.421. The SMILES string of the molecule is CC/C(=C\c1ccccc1)[C@@H]1CC1N. The first-order valence-electron chi connectivity index (χ1n) is 5.32. The summed E-state index contributed by atoms with van der Waals surface area (Å²) in [5.41, 5.74) is 8.65. The lowest BCUT2D eigenvalue weighted by atomic mass is 10.0. The van der Waals surface area contributed by atoms with E-state index in [0.29, 0.717) is 12.0 Å². The number of hydrogen-bond donors (Lipinski definition) is 1. The molecule has 0 heterocycles. The highest BCUT2D eigenvalue weighted by Crippen LogP contribution is 2.37. The highest BCUT2D eigenvalue weighted by molar-refractivity contribution is 5.54. The lowest BCUT2D eigenvalue weighted by Gasteiger charge is -2.02. The Kier molecular flexibility index (Phi) is 2.69. The lowest BCUT2D eigenvalue weighted by molar-refractivity contribution is 0.870. The van der Waals surface area contributed by atoms with Crippen molar-refractivity contribution in [3.8, 4) is 0 Å². The fraction of sp³-hybridized carbons (Fsp3) is 0.385. The second-order valence-corrected chi connectivity index (χ2v) is 3.99. The quantitative estimate of drug-likeness (QED) is 0.773. The molecule has 2 atom stereocenters. The van der Waals surface area contributed by atoms with Gasteiger partial charge in [-0.05, 0) is 24.3 Å². The number of benzene rings is 1. The van der Waals surface area contributed by atoms with Gasteiger partial charge in [0.05, 0.1) is 0 Å². The van der Waals surface area contributed by atoms with Crippen LogP contribution in [0.4, 0.5) is 0 Å². The largest absolute Gasteiger partial charge is 0.327 e. The normalized spacial score (nSPS) is 26.3. The van der Waals surface area contributed by atoms with Crippen molar-refractivity contribution < 1.29 is 0 Å². The van der Waals surface area contributed by atoms with Gasteiger partial charge in [-0.25, -0.2) is 0 Å². The number of nitrogens with two attached hydrogens (primary N) is 1. The molecular formula is C13H17N. The van der Waals surface area contributed by atoms with Crippen LogP contribution in [-0.2, 0) is 0 Å². The molecule has 2 rings (SSSR count). The zero-order valence-corrected chi connectivity index (χ0v) is 8.61. The van der Waals surface area contributed by atoms with Crippen molar-refractivity contribution in [2.75, 3.05) is 0 Å². The fourth-order valence-electron chi connectivity index (χ4n) is 1.88. The molecule has 1 unspecified atom stereocenters. The van der Waals surface area contributed by atoms with Crippen molar-refractivity contribution in [3.63, 3.8) is 0 Å². The highest BCUT2D eigenvalue weighted by Gasteiger charge is 2.35. The van der Waals surface area contributed by atoms with Gasteiger partial charge in [0.1, 0.15) is 0 Å². The van der Waals surface area contributed by atoms with Gasteiger partial charge in [-0.15, -0.1) is 0 Å². The zero-order valence-electron chi connectivity index (χ0n) is 8.61. The van der Waals surface area contributed by atoms with Crippen LogP contribution in [0.5, 0.6) is 0 Å². The van der Waals surface area contributed by atoms with Crippen LogP contribution < -0.4 is 5.73 Å². The Morgan fingerprint density at radius 1 is 1.43 bits per heavy atom. The van der Waals surface area contributed by atoms with Crippen molar-refractivity contribution in [1.82, 2.24) is 0 Å². The van der Waals surface area contributed by atoms with Crippen LogP contribution in [0.15, 0.2) is 35.9 Å². The summed E-state index contributed by atoms with van der Waals surface area (Å²) in [4.78, 5) is 0. The standard InChI is InChI=1S/C13H17N/c1-2-11(12-9-13(12)14)8-10-6-4-3-5-7-10/h3-8,12-13H,2,9,14H2,1H3/b11-8+/t12-,13?/m0/s1. The van der Waals surface area contributed by atoms with Crippen LogP contribution in [0.25, 0.3) is 6.08 Å². The van der Waals surface area contributed by atoms with Crippen LogP contribution in [0.3, 0.4) is 0 Å². The predicted molar refractivity (Wildman–Crippen MR) is 60.8 cm³/mol. The number of hydrogen-bond acceptors (Lipinski definition) is 1. The molecule has 1 aliphatic carbocycles. The monoisotopic (exact) mass is 187 g/mol. The summed E-state index contributed by atoms with van der Waals surface area (Å²) in [5, 5.41) is 0. The van der Waals surface area contributed by atoms with Gasteiger partial charge in [0, 0.05) is 6.04 Å². The van der Waals surface area contributed by atoms with E-state index in [0.717, 1.165) is 6.42 Å². The molecule has 1 saturated carbocycles. The third-order valence-corrected chi connectivity index (χ3v) is 2.88. The summed E-state index contributed by atoms with van der Waals surface area (Å²) < 4.78 is 0. The second kappa shape index (κ2) is 3.97. The van der Waals surface area contributed by atoms with Crippen LogP contribution >= 0.6 is 0 Å². The van der Waals surface area contributed by atoms with Gasteiger partial charge in [0.2, 0.25) is 0 Å². The third-order valence-electron chi connectivity index (χ3n) is 2.88. The molecule has 1 nitrogen and oxygen atoms in total. The molecule has 14 heavy (non-hydrogen) atoms. The van der Waals surface area contributed by atoms with Crippen molar-refractivity contribution >= 4 is 6.08 Å². The zero-order chi connectivity index (χ0) is 9.97. The van der Waals surface area contributed by atoms with Crippen molar-refractivity contribution in [1.29, 1.82) is 0 Å². The summed E-state index contributed by atoms with van der Waals surface area (Å²) in [7, 11) is 0. The molecule has 0 amide bonds. The Hall–Kier alpha value is -1.08. The maximum Gasteiger partial charge on any atom is 0.0112 e. The van der Waals surface area contributed by atoms with Crippen LogP contribution in [0, 0.1) is 5.92 Å². The number of rotatable bonds is 3. The van der Waals surface area contributed by atoms with Crippen LogP contribution in [0.1, 0.15) is 25.3 Å². The van der Waals surface area contributed by atoms with Gasteiger partial charge >= 0.3 is 0 Å². The van der Waals surface area contributed by atoms with Crippen LogP contribution in [0.2, 0.25) is 0 Å². The lowest BCUT2D eigenvalue weighted by Crippen LogP contribution is -2.03. The van der Waals surface area contributed by atoms with E-state index in [1.165, 1.54) is 17.6 Å². The molecule has 1 heteroatoms. The average molecular weight is 187 g/mol. The summed E-state index contributed by atoms with van der Waals surface area (Å²) in [6, 6.07) is 10.9. The van der Waals surface area contributed by atoms with Crippen molar-refractivity contribution in [3.05, 3.63) is 41.5 Å². The molecule has 0 aromatic heterocycles. The van der Waals surface area contributed by atoms with Gasteiger partial charge in [-0.2, -0.15) is 0 Å². The minimum Gasteiger partial charge on any atom is -0.327 e. The van der Waals surface area contributed by atoms with E-state index >= 15 is 0 Å². The van der Waals surface area contributed by atoms with Gasteiger partial charge in [-0.3, -0.25) is 0 Å². The smallest absolute Gasteiger partial charge is 0.0112 e. The first kappa shape index (κ1) is 9.47. The molecule has 2 N–H and O–H groups in total. The van der Waals surface area contributed by atoms with Crippen molar-refractivity contribution in [2.45, 2.75) is 25.8 Å². The Bertz CT molecular complexity index is 326. The molecule has 0 bridgehead atoms. The van der Waals surface area contributed by atoms with Gasteiger partial charge in [0.25, 0.3) is 0 Å². The van der Waals surface area contributed by atoms with E-state index in [-0.39, 0.29) is 0 Å². The first-order valence-corrected chi connectivity index (χ1v) is 5.32. The summed E-state index contributed by atoms with van der Waals surface area (Å²) >= 11 is 0. The van der Waals surface area contributed by atoms with E-state index in [2.05, 4.69) is 37.3 Å². The molecular weight excluding hydrogens is 170 g/mol. The molecule has 1 aromatic rings. The summed E-state index contributed by atoms with van der Waals surface area (Å²) in [5.74, 6) is 0.653. The summed E-state index contributed by atoms with van der Waals surface area (Å²) in [6.45, 7) is 2.21. The van der Waals surface area contributed by atoms with E-state index in [4.69, 9.17) is 5.73 Å². The predicted octanol–water partition coefficient (Wildman–Crippen LogP) is 2.83. The average Bonchev–Trinajstić information content (AvgIpc) is 2.93. The molecule has 0 saturated heterocycles. The first-order chi connectivity index (χ1) is 6.81. The maximum absolute atomic E-state index is 5.86. The molecule has 0 aliphatic heterocycles. The molecule has 0 radical (unpaired) electrons. The Morgan fingerprint density at radius 2 is 2.07 bits per heavy atom. The van der Waals surface area contributed by atoms with Gasteiger partial charge < -0.3 is 5.73 Å². The van der Waals surface area contributed by atoms with Gasteiger partial charge in [0.15, 0.2) is 0 Å². The van der Waals surface area contributed by atoms with E-state index < -0.39 is 0 Å². The Morgan fingerprint density at radius 3 is 2.57 bits per heavy atom. The highest BCUT2D eigenvalue weighted by atomic mass is 14.7. The topological polar surface area (TPSA) is 26.0 Å². The second-order valence-electron chi connectivity index (χ2n) is 3.99. The molecule has 0 spiro atoms. The Balaban J connectivity index is 2.15. The Labute approximate surface area is 85.6 Å². The molecule has 1 fully saturated rings. The molecule has 1 aliphatic rings. The van der Waals surface area contributed by atoms with E-state index in [9.17, 15) is 0 Å². The van der Waals surface area contributed by atoms with E-state index in [1.807, 2.05) is 6.07 Å². The van der Waals surface area contributed by atoms with Crippen LogP contribution in [-0.4, -0.2) is 6.04 Å². The molecule has 74 valence electrons. The maximum atomic E-state index is 5.86. The summed E-state index contributed by atoms with van der Waals surface area (Å²) in [6.07, 6.45) is 4.58.